The summed E-state index contributed by atoms with van der Waals surface area (Å²) in [5, 5.41) is 0. The van der Waals surface area contributed by atoms with Gasteiger partial charge in [0, 0.05) is 25.0 Å². The Morgan fingerprint density at radius 1 is 0.800 bits per heavy atom. The van der Waals surface area contributed by atoms with E-state index in [1.165, 1.54) is 12.2 Å². The first-order valence-electron chi connectivity index (χ1n) is 6.78. The minimum absolute atomic E-state index is 0.0898. The Labute approximate surface area is 119 Å². The second-order valence-corrected chi connectivity index (χ2v) is 3.92. The van der Waals surface area contributed by atoms with E-state index in [0.29, 0.717) is 38.9 Å². The Morgan fingerprint density at radius 3 is 1.55 bits per heavy atom. The number of allylic oxidation sites excluding steroid dienone is 2. The summed E-state index contributed by atoms with van der Waals surface area (Å²) < 4.78 is 9.41. The van der Waals surface area contributed by atoms with Crippen molar-refractivity contribution in [3.05, 3.63) is 24.3 Å². The molecule has 20 heavy (non-hydrogen) atoms. The Morgan fingerprint density at radius 2 is 1.20 bits per heavy atom. The predicted octanol–water partition coefficient (Wildman–Crippen LogP) is 2.35. The number of Topliss-reactive ketones (excluding diaryl/α,β-unsaturated/α-hetero) is 1. The van der Waals surface area contributed by atoms with Crippen molar-refractivity contribution in [1.82, 2.24) is 0 Å². The lowest BCUT2D eigenvalue weighted by atomic mass is 10.1. The lowest BCUT2D eigenvalue weighted by molar-refractivity contribution is -0.138. The summed E-state index contributed by atoms with van der Waals surface area (Å²) in [6.07, 6.45) is 7.70. The minimum Gasteiger partial charge on any atom is -0.463 e. The van der Waals surface area contributed by atoms with Gasteiger partial charge in [0.25, 0.3) is 0 Å². The zero-order valence-electron chi connectivity index (χ0n) is 12.1. The summed E-state index contributed by atoms with van der Waals surface area (Å²) in [4.78, 5) is 33.4. The first-order chi connectivity index (χ1) is 9.60. The lowest BCUT2D eigenvalue weighted by Gasteiger charge is -1.97. The zero-order valence-corrected chi connectivity index (χ0v) is 12.1. The number of carbonyl (C=O) groups is 3. The number of carbonyl (C=O) groups excluding carboxylic acids is 3. The van der Waals surface area contributed by atoms with Crippen molar-refractivity contribution in [1.29, 1.82) is 0 Å². The predicted molar refractivity (Wildman–Crippen MR) is 75.0 cm³/mol. The fourth-order valence-electron chi connectivity index (χ4n) is 1.35. The fourth-order valence-corrected chi connectivity index (χ4v) is 1.35. The highest BCUT2D eigenvalue weighted by Crippen LogP contribution is 2.01. The maximum Gasteiger partial charge on any atom is 0.330 e. The van der Waals surface area contributed by atoms with Crippen LogP contribution in [0.1, 0.15) is 39.5 Å². The van der Waals surface area contributed by atoms with Crippen LogP contribution in [0.25, 0.3) is 0 Å². The van der Waals surface area contributed by atoms with Crippen molar-refractivity contribution in [2.75, 3.05) is 13.2 Å². The van der Waals surface area contributed by atoms with Crippen molar-refractivity contribution in [2.24, 2.45) is 0 Å². The largest absolute Gasteiger partial charge is 0.463 e. The second kappa shape index (κ2) is 12.1. The summed E-state index contributed by atoms with van der Waals surface area (Å²) in [7, 11) is 0. The van der Waals surface area contributed by atoms with E-state index in [4.69, 9.17) is 9.47 Å². The maximum absolute atomic E-state index is 11.5. The molecule has 0 N–H and O–H groups in total. The third-order valence-electron chi connectivity index (χ3n) is 2.26. The van der Waals surface area contributed by atoms with Gasteiger partial charge in [0.2, 0.25) is 0 Å². The van der Waals surface area contributed by atoms with Gasteiger partial charge in [-0.25, -0.2) is 9.59 Å². The van der Waals surface area contributed by atoms with Gasteiger partial charge < -0.3 is 9.47 Å². The van der Waals surface area contributed by atoms with Gasteiger partial charge in [0.15, 0.2) is 0 Å². The maximum atomic E-state index is 11.5. The van der Waals surface area contributed by atoms with Gasteiger partial charge in [-0.05, 0) is 26.7 Å². The van der Waals surface area contributed by atoms with Crippen LogP contribution in [-0.4, -0.2) is 30.9 Å². The van der Waals surface area contributed by atoms with Crippen molar-refractivity contribution >= 4 is 17.7 Å². The molecule has 5 heteroatoms. The molecule has 0 aliphatic carbocycles. The van der Waals surface area contributed by atoms with E-state index < -0.39 is 11.9 Å². The molecule has 0 aromatic rings. The number of rotatable bonds is 10. The van der Waals surface area contributed by atoms with Crippen LogP contribution in [0, 0.1) is 0 Å². The van der Waals surface area contributed by atoms with Crippen molar-refractivity contribution in [2.45, 2.75) is 39.5 Å². The van der Waals surface area contributed by atoms with Crippen LogP contribution in [-0.2, 0) is 23.9 Å². The molecule has 0 aromatic heterocycles. The Kier molecular flexibility index (Phi) is 11.0. The van der Waals surface area contributed by atoms with E-state index in [1.807, 2.05) is 0 Å². The molecule has 0 fully saturated rings. The number of esters is 2. The molecule has 0 spiro atoms. The molecule has 0 aliphatic heterocycles. The summed E-state index contributed by atoms with van der Waals surface area (Å²) >= 11 is 0. The molecule has 0 saturated heterocycles. The fraction of sp³-hybridized carbons (Fsp3) is 0.533. The highest BCUT2D eigenvalue weighted by molar-refractivity contribution is 5.83. The molecule has 0 aliphatic rings. The molecule has 0 unspecified atom stereocenters. The van der Waals surface area contributed by atoms with Gasteiger partial charge in [0.05, 0.1) is 13.2 Å². The zero-order chi connectivity index (χ0) is 15.2. The molecule has 0 radical (unpaired) electrons. The summed E-state index contributed by atoms with van der Waals surface area (Å²) in [5.74, 6) is -0.693. The molecule has 112 valence electrons. The molecule has 5 nitrogen and oxygen atoms in total. The summed E-state index contributed by atoms with van der Waals surface area (Å²) in [5.41, 5.74) is 0. The van der Waals surface area contributed by atoms with Crippen molar-refractivity contribution in [3.8, 4) is 0 Å². The van der Waals surface area contributed by atoms with Crippen LogP contribution >= 0.6 is 0 Å². The van der Waals surface area contributed by atoms with E-state index in [0.717, 1.165) is 0 Å². The Bertz CT molecular complexity index is 334. The van der Waals surface area contributed by atoms with Gasteiger partial charge in [-0.2, -0.15) is 0 Å². The average Bonchev–Trinajstić information content (AvgIpc) is 2.40. The molecule has 0 atom stereocenters. The highest BCUT2D eigenvalue weighted by Gasteiger charge is 2.00. The molecule has 0 bridgehead atoms. The third kappa shape index (κ3) is 11.2. The van der Waals surface area contributed by atoms with Crippen LogP contribution in [0.15, 0.2) is 24.3 Å². The quantitative estimate of drug-likeness (QED) is 0.454. The number of hydrogen-bond donors (Lipinski definition) is 0. The van der Waals surface area contributed by atoms with Crippen LogP contribution in [0.2, 0.25) is 0 Å². The van der Waals surface area contributed by atoms with Crippen molar-refractivity contribution in [3.63, 3.8) is 0 Å². The smallest absolute Gasteiger partial charge is 0.330 e. The standard InChI is InChI=1S/C15H22O5/c1-3-19-14(17)11-7-5-9-13(16)10-6-8-12-15(18)20-4-2/h7-8,11-12H,3-6,9-10H2,1-2H3/b11-7+,12-8+. The van der Waals surface area contributed by atoms with E-state index in [1.54, 1.807) is 26.0 Å². The molecule has 0 heterocycles. The van der Waals surface area contributed by atoms with Gasteiger partial charge in [-0.15, -0.1) is 0 Å². The first-order valence-corrected chi connectivity index (χ1v) is 6.78. The summed E-state index contributed by atoms with van der Waals surface area (Å²) in [6.45, 7) is 4.15. The van der Waals surface area contributed by atoms with E-state index >= 15 is 0 Å². The number of hydrogen-bond acceptors (Lipinski definition) is 5. The molecule has 0 rings (SSSR count). The van der Waals surface area contributed by atoms with Gasteiger partial charge in [-0.1, -0.05) is 12.2 Å². The Hall–Kier alpha value is -1.91. The van der Waals surface area contributed by atoms with Crippen LogP contribution in [0.3, 0.4) is 0 Å². The summed E-state index contributed by atoms with van der Waals surface area (Å²) in [6, 6.07) is 0. The highest BCUT2D eigenvalue weighted by atomic mass is 16.5. The monoisotopic (exact) mass is 282 g/mol. The average molecular weight is 282 g/mol. The third-order valence-corrected chi connectivity index (χ3v) is 2.26. The molecular formula is C15H22O5. The molecule has 0 amide bonds. The van der Waals surface area contributed by atoms with Crippen LogP contribution < -0.4 is 0 Å². The molecular weight excluding hydrogens is 260 g/mol. The van der Waals surface area contributed by atoms with E-state index in [9.17, 15) is 14.4 Å². The van der Waals surface area contributed by atoms with Crippen molar-refractivity contribution < 1.29 is 23.9 Å². The van der Waals surface area contributed by atoms with Gasteiger partial charge in [0.1, 0.15) is 5.78 Å². The topological polar surface area (TPSA) is 69.7 Å². The first kappa shape index (κ1) is 18.1. The molecule has 0 aromatic carbocycles. The number of ether oxygens (including phenoxy) is 2. The lowest BCUT2D eigenvalue weighted by Crippen LogP contribution is -2.00. The van der Waals surface area contributed by atoms with E-state index in [-0.39, 0.29) is 5.78 Å². The van der Waals surface area contributed by atoms with Gasteiger partial charge >= 0.3 is 11.9 Å². The Balaban J connectivity index is 3.69. The minimum atomic E-state index is -0.391. The second-order valence-electron chi connectivity index (χ2n) is 3.92. The van der Waals surface area contributed by atoms with E-state index in [2.05, 4.69) is 0 Å². The van der Waals surface area contributed by atoms with Crippen LogP contribution in [0.4, 0.5) is 0 Å². The van der Waals surface area contributed by atoms with Gasteiger partial charge in [-0.3, -0.25) is 4.79 Å². The normalized spacial score (nSPS) is 10.9. The SMILES string of the molecule is CCOC(=O)/C=C/CCC(=O)CC/C=C/C(=O)OCC. The van der Waals surface area contributed by atoms with Crippen LogP contribution in [0.5, 0.6) is 0 Å². The number of ketones is 1. The molecule has 0 saturated carbocycles.